The van der Waals surface area contributed by atoms with E-state index in [-0.39, 0.29) is 11.0 Å². The summed E-state index contributed by atoms with van der Waals surface area (Å²) in [6, 6.07) is 0.584. The van der Waals surface area contributed by atoms with Gasteiger partial charge in [0.25, 0.3) is 0 Å². The van der Waals surface area contributed by atoms with E-state index in [2.05, 4.69) is 56.8 Å². The Morgan fingerprint density at radius 2 is 1.81 bits per heavy atom. The molecule has 124 valence electrons. The molecule has 1 aliphatic heterocycles. The van der Waals surface area contributed by atoms with Gasteiger partial charge in [0.2, 0.25) is 0 Å². The van der Waals surface area contributed by atoms with Crippen LogP contribution in [0.2, 0.25) is 0 Å². The second-order valence-corrected chi connectivity index (χ2v) is 8.04. The quantitative estimate of drug-likeness (QED) is 0.809. The van der Waals surface area contributed by atoms with Gasteiger partial charge in [0.1, 0.15) is 0 Å². The maximum absolute atomic E-state index is 5.83. The van der Waals surface area contributed by atoms with Gasteiger partial charge in [0.05, 0.1) is 6.10 Å². The standard InChI is InChI=1S/C17H35N3O/c1-7-21-15-12-14(17(15,4)5)18-13-16(2,3)20-10-8-19(6)9-11-20/h14-15,18H,7-13H2,1-6H3. The molecule has 0 aromatic rings. The molecule has 21 heavy (non-hydrogen) atoms. The molecule has 1 aliphatic carbocycles. The van der Waals surface area contributed by atoms with E-state index < -0.39 is 0 Å². The van der Waals surface area contributed by atoms with Crippen molar-refractivity contribution >= 4 is 0 Å². The number of ether oxygens (including phenoxy) is 1. The van der Waals surface area contributed by atoms with Crippen molar-refractivity contribution in [3.8, 4) is 0 Å². The molecule has 2 atom stereocenters. The lowest BCUT2D eigenvalue weighted by Gasteiger charge is -2.53. The molecule has 1 N–H and O–H groups in total. The number of piperazine rings is 1. The van der Waals surface area contributed by atoms with E-state index in [4.69, 9.17) is 4.74 Å². The molecule has 1 saturated heterocycles. The summed E-state index contributed by atoms with van der Waals surface area (Å²) in [7, 11) is 2.22. The Labute approximate surface area is 131 Å². The van der Waals surface area contributed by atoms with Crippen LogP contribution in [-0.4, -0.2) is 73.9 Å². The summed E-state index contributed by atoms with van der Waals surface area (Å²) in [5.74, 6) is 0. The Morgan fingerprint density at radius 1 is 1.19 bits per heavy atom. The zero-order valence-corrected chi connectivity index (χ0v) is 14.9. The van der Waals surface area contributed by atoms with E-state index in [1.165, 1.54) is 26.2 Å². The van der Waals surface area contributed by atoms with Crippen LogP contribution in [0.1, 0.15) is 41.0 Å². The number of nitrogens with zero attached hydrogens (tertiary/aromatic N) is 2. The number of nitrogens with one attached hydrogen (secondary N) is 1. The van der Waals surface area contributed by atoms with Crippen molar-refractivity contribution in [2.45, 2.75) is 58.7 Å². The van der Waals surface area contributed by atoms with Crippen LogP contribution in [0.15, 0.2) is 0 Å². The Hall–Kier alpha value is -0.160. The average molecular weight is 297 g/mol. The maximum Gasteiger partial charge on any atom is 0.0655 e. The molecule has 0 radical (unpaired) electrons. The minimum Gasteiger partial charge on any atom is -0.378 e. The molecule has 0 bridgehead atoms. The third-order valence-corrected chi connectivity index (χ3v) is 5.69. The molecule has 0 aromatic carbocycles. The van der Waals surface area contributed by atoms with Gasteiger partial charge in [-0.3, -0.25) is 4.90 Å². The van der Waals surface area contributed by atoms with Crippen LogP contribution in [0.3, 0.4) is 0 Å². The first kappa shape index (κ1) is 17.2. The molecular weight excluding hydrogens is 262 g/mol. The van der Waals surface area contributed by atoms with E-state index in [0.29, 0.717) is 12.1 Å². The Kier molecular flexibility index (Phi) is 5.35. The summed E-state index contributed by atoms with van der Waals surface area (Å²) < 4.78 is 5.83. The molecule has 0 amide bonds. The third-order valence-electron chi connectivity index (χ3n) is 5.69. The summed E-state index contributed by atoms with van der Waals surface area (Å²) in [5.41, 5.74) is 0.488. The molecule has 2 fully saturated rings. The molecule has 0 aromatic heterocycles. The minimum absolute atomic E-state index is 0.230. The van der Waals surface area contributed by atoms with Crippen LogP contribution in [0.25, 0.3) is 0 Å². The fourth-order valence-electron chi connectivity index (χ4n) is 3.61. The Balaban J connectivity index is 1.80. The summed E-state index contributed by atoms with van der Waals surface area (Å²) in [6.07, 6.45) is 1.58. The van der Waals surface area contributed by atoms with E-state index >= 15 is 0 Å². The maximum atomic E-state index is 5.83. The molecule has 1 heterocycles. The fourth-order valence-corrected chi connectivity index (χ4v) is 3.61. The normalized spacial score (nSPS) is 31.1. The highest BCUT2D eigenvalue weighted by atomic mass is 16.5. The van der Waals surface area contributed by atoms with Gasteiger partial charge in [-0.05, 0) is 34.2 Å². The first-order valence-corrected chi connectivity index (χ1v) is 8.56. The van der Waals surface area contributed by atoms with E-state index in [0.717, 1.165) is 19.6 Å². The van der Waals surface area contributed by atoms with Gasteiger partial charge in [0.15, 0.2) is 0 Å². The van der Waals surface area contributed by atoms with Crippen molar-refractivity contribution in [3.63, 3.8) is 0 Å². The number of hydrogen-bond acceptors (Lipinski definition) is 4. The lowest BCUT2D eigenvalue weighted by molar-refractivity contribution is -0.116. The number of likely N-dealkylation sites (N-methyl/N-ethyl adjacent to an activating group) is 1. The van der Waals surface area contributed by atoms with Crippen molar-refractivity contribution in [3.05, 3.63) is 0 Å². The van der Waals surface area contributed by atoms with Crippen LogP contribution in [0.5, 0.6) is 0 Å². The highest BCUT2D eigenvalue weighted by Crippen LogP contribution is 2.42. The van der Waals surface area contributed by atoms with Gasteiger partial charge in [-0.15, -0.1) is 0 Å². The largest absolute Gasteiger partial charge is 0.378 e. The van der Waals surface area contributed by atoms with Crippen molar-refractivity contribution in [1.29, 1.82) is 0 Å². The molecule has 4 heteroatoms. The summed E-state index contributed by atoms with van der Waals surface area (Å²) in [5, 5.41) is 3.81. The number of rotatable bonds is 6. The Bertz CT molecular complexity index is 335. The second kappa shape index (κ2) is 6.53. The lowest BCUT2D eigenvalue weighted by atomic mass is 9.64. The van der Waals surface area contributed by atoms with E-state index in [1.807, 2.05) is 0 Å². The lowest BCUT2D eigenvalue weighted by Crippen LogP contribution is -2.64. The van der Waals surface area contributed by atoms with Gasteiger partial charge in [-0.2, -0.15) is 0 Å². The van der Waals surface area contributed by atoms with Gasteiger partial charge in [-0.1, -0.05) is 13.8 Å². The molecule has 4 nitrogen and oxygen atoms in total. The molecule has 2 aliphatic rings. The smallest absolute Gasteiger partial charge is 0.0655 e. The van der Waals surface area contributed by atoms with E-state index in [9.17, 15) is 0 Å². The van der Waals surface area contributed by atoms with Crippen LogP contribution in [0, 0.1) is 5.41 Å². The van der Waals surface area contributed by atoms with Crippen molar-refractivity contribution in [2.75, 3.05) is 46.4 Å². The first-order chi connectivity index (χ1) is 9.77. The molecule has 2 rings (SSSR count). The zero-order chi connectivity index (χ0) is 15.7. The zero-order valence-electron chi connectivity index (χ0n) is 14.9. The monoisotopic (exact) mass is 297 g/mol. The van der Waals surface area contributed by atoms with Crippen LogP contribution >= 0.6 is 0 Å². The topological polar surface area (TPSA) is 27.7 Å². The summed E-state index contributed by atoms with van der Waals surface area (Å²) >= 11 is 0. The van der Waals surface area contributed by atoms with Gasteiger partial charge < -0.3 is 15.0 Å². The first-order valence-electron chi connectivity index (χ1n) is 8.56. The fraction of sp³-hybridized carbons (Fsp3) is 1.00. The van der Waals surface area contributed by atoms with Crippen molar-refractivity contribution in [1.82, 2.24) is 15.1 Å². The SMILES string of the molecule is CCOC1CC(NCC(C)(C)N2CCN(C)CC2)C1(C)C. The van der Waals surface area contributed by atoms with E-state index in [1.54, 1.807) is 0 Å². The highest BCUT2D eigenvalue weighted by Gasteiger charge is 2.49. The van der Waals surface area contributed by atoms with Crippen LogP contribution < -0.4 is 5.32 Å². The average Bonchev–Trinajstić information content (AvgIpc) is 2.42. The molecule has 2 unspecified atom stereocenters. The molecular formula is C17H35N3O. The third kappa shape index (κ3) is 3.79. The van der Waals surface area contributed by atoms with Crippen molar-refractivity contribution in [2.24, 2.45) is 5.41 Å². The summed E-state index contributed by atoms with van der Waals surface area (Å²) in [4.78, 5) is 5.05. The minimum atomic E-state index is 0.230. The second-order valence-electron chi connectivity index (χ2n) is 8.04. The predicted molar refractivity (Wildman–Crippen MR) is 88.8 cm³/mol. The van der Waals surface area contributed by atoms with Gasteiger partial charge >= 0.3 is 0 Å². The highest BCUT2D eigenvalue weighted by molar-refractivity contribution is 5.04. The molecule has 1 saturated carbocycles. The Morgan fingerprint density at radius 3 is 2.33 bits per heavy atom. The number of hydrogen-bond donors (Lipinski definition) is 1. The van der Waals surface area contributed by atoms with Crippen molar-refractivity contribution < 1.29 is 4.74 Å². The predicted octanol–water partition coefficient (Wildman–Crippen LogP) is 1.81. The van der Waals surface area contributed by atoms with Gasteiger partial charge in [0, 0.05) is 56.3 Å². The van der Waals surface area contributed by atoms with Crippen LogP contribution in [-0.2, 0) is 4.74 Å². The van der Waals surface area contributed by atoms with Crippen LogP contribution in [0.4, 0.5) is 0 Å². The molecule has 0 spiro atoms. The summed E-state index contributed by atoms with van der Waals surface area (Å²) in [6.45, 7) is 18.1. The van der Waals surface area contributed by atoms with Gasteiger partial charge in [-0.25, -0.2) is 0 Å².